The van der Waals surface area contributed by atoms with Crippen molar-refractivity contribution in [2.75, 3.05) is 12.3 Å². The van der Waals surface area contributed by atoms with E-state index in [1.807, 2.05) is 0 Å². The van der Waals surface area contributed by atoms with E-state index in [9.17, 15) is 22.4 Å². The predicted molar refractivity (Wildman–Crippen MR) is 84.1 cm³/mol. The van der Waals surface area contributed by atoms with Crippen LogP contribution in [0.1, 0.15) is 26.9 Å². The minimum atomic E-state index is -4.51. The van der Waals surface area contributed by atoms with Crippen LogP contribution in [0.25, 0.3) is 0 Å². The Balaban J connectivity index is 1.98. The molecule has 0 aromatic heterocycles. The molecule has 0 bridgehead atoms. The van der Waals surface area contributed by atoms with Crippen molar-refractivity contribution in [2.45, 2.75) is 11.6 Å². The lowest BCUT2D eigenvalue weighted by atomic mass is 10.1. The van der Waals surface area contributed by atoms with Crippen molar-refractivity contribution in [3.8, 4) is 0 Å². The van der Waals surface area contributed by atoms with Gasteiger partial charge in [-0.25, -0.2) is 4.39 Å². The van der Waals surface area contributed by atoms with E-state index in [1.54, 1.807) is 0 Å². The largest absolute Gasteiger partial charge is 0.416 e. The summed E-state index contributed by atoms with van der Waals surface area (Å²) in [7, 11) is 0. The summed E-state index contributed by atoms with van der Waals surface area (Å²) in [5.41, 5.74) is -0.873. The quantitative estimate of drug-likeness (QED) is 0.726. The summed E-state index contributed by atoms with van der Waals surface area (Å²) in [6.45, 7) is 0.273. The third kappa shape index (κ3) is 3.13. The van der Waals surface area contributed by atoms with E-state index in [0.717, 1.165) is 12.1 Å². The molecular weight excluding hydrogens is 342 g/mol. The van der Waals surface area contributed by atoms with Gasteiger partial charge in [-0.15, -0.1) is 11.8 Å². The second kappa shape index (κ2) is 6.47. The van der Waals surface area contributed by atoms with Crippen molar-refractivity contribution >= 4 is 17.7 Å². The molecule has 0 aliphatic carbocycles. The van der Waals surface area contributed by atoms with E-state index in [0.29, 0.717) is 5.75 Å². The molecule has 1 atom stereocenters. The zero-order valence-electron chi connectivity index (χ0n) is 12.4. The van der Waals surface area contributed by atoms with Crippen LogP contribution >= 0.6 is 11.8 Å². The van der Waals surface area contributed by atoms with E-state index in [1.165, 1.54) is 53.1 Å². The summed E-state index contributed by atoms with van der Waals surface area (Å²) < 4.78 is 53.6. The molecule has 0 radical (unpaired) electrons. The van der Waals surface area contributed by atoms with Gasteiger partial charge >= 0.3 is 6.18 Å². The summed E-state index contributed by atoms with van der Waals surface area (Å²) in [4.78, 5) is 13.9. The highest BCUT2D eigenvalue weighted by Gasteiger charge is 2.39. The second-order valence-electron chi connectivity index (χ2n) is 5.29. The molecule has 1 saturated heterocycles. The molecule has 1 heterocycles. The Morgan fingerprint density at radius 1 is 1.08 bits per heavy atom. The first-order valence-electron chi connectivity index (χ1n) is 7.23. The fourth-order valence-corrected chi connectivity index (χ4v) is 3.99. The van der Waals surface area contributed by atoms with Crippen LogP contribution in [0.5, 0.6) is 0 Å². The molecule has 0 saturated carbocycles. The van der Waals surface area contributed by atoms with Gasteiger partial charge in [0.25, 0.3) is 5.91 Å². The topological polar surface area (TPSA) is 20.3 Å². The van der Waals surface area contributed by atoms with Crippen molar-refractivity contribution in [2.24, 2.45) is 0 Å². The lowest BCUT2D eigenvalue weighted by Crippen LogP contribution is -2.32. The number of halogens is 4. The summed E-state index contributed by atoms with van der Waals surface area (Å²) in [6, 6.07) is 10.7. The molecule has 1 aliphatic heterocycles. The lowest BCUT2D eigenvalue weighted by Gasteiger charge is -2.26. The molecule has 2 nitrogen and oxygen atoms in total. The van der Waals surface area contributed by atoms with Gasteiger partial charge in [0.15, 0.2) is 0 Å². The molecule has 1 fully saturated rings. The van der Waals surface area contributed by atoms with Gasteiger partial charge in [0.2, 0.25) is 0 Å². The third-order valence-corrected chi connectivity index (χ3v) is 5.03. The Bertz CT molecular complexity index is 762. The molecule has 1 unspecified atom stereocenters. The van der Waals surface area contributed by atoms with Crippen LogP contribution in [0.15, 0.2) is 48.5 Å². The van der Waals surface area contributed by atoms with E-state index in [2.05, 4.69) is 0 Å². The van der Waals surface area contributed by atoms with Gasteiger partial charge in [-0.2, -0.15) is 13.2 Å². The highest BCUT2D eigenvalue weighted by molar-refractivity contribution is 7.99. The molecule has 24 heavy (non-hydrogen) atoms. The van der Waals surface area contributed by atoms with Crippen molar-refractivity contribution in [1.29, 1.82) is 0 Å². The second-order valence-corrected chi connectivity index (χ2v) is 6.47. The van der Waals surface area contributed by atoms with Gasteiger partial charge < -0.3 is 4.90 Å². The predicted octanol–water partition coefficient (Wildman–Crippen LogP) is 4.73. The number of hydrogen-bond donors (Lipinski definition) is 0. The summed E-state index contributed by atoms with van der Waals surface area (Å²) >= 11 is 1.25. The fraction of sp³-hybridized carbons (Fsp3) is 0.235. The fourth-order valence-electron chi connectivity index (χ4n) is 2.70. The zero-order valence-corrected chi connectivity index (χ0v) is 13.2. The van der Waals surface area contributed by atoms with E-state index in [-0.39, 0.29) is 17.7 Å². The summed E-state index contributed by atoms with van der Waals surface area (Å²) in [5, 5.41) is -0.782. The van der Waals surface area contributed by atoms with Crippen LogP contribution in [0, 0.1) is 5.82 Å². The number of hydrogen-bond acceptors (Lipinski definition) is 2. The minimum Gasteiger partial charge on any atom is -0.322 e. The highest BCUT2D eigenvalue weighted by Crippen LogP contribution is 2.44. The van der Waals surface area contributed by atoms with Gasteiger partial charge in [0, 0.05) is 12.3 Å². The van der Waals surface area contributed by atoms with Crippen molar-refractivity contribution < 1.29 is 22.4 Å². The standard InChI is InChI=1S/C17H13F4NOS/c18-14-8-4-2-6-12(14)15(23)22-9-10-24-16(22)11-5-1-3-7-13(11)17(19,20)21/h1-8,16H,9-10H2. The molecule has 0 spiro atoms. The normalized spacial score (nSPS) is 18.0. The van der Waals surface area contributed by atoms with Crippen molar-refractivity contribution in [1.82, 2.24) is 4.90 Å². The Hall–Kier alpha value is -2.02. The Labute approximate surface area is 140 Å². The van der Waals surface area contributed by atoms with E-state index < -0.39 is 28.8 Å². The minimum absolute atomic E-state index is 0.0252. The zero-order chi connectivity index (χ0) is 17.3. The van der Waals surface area contributed by atoms with Crippen LogP contribution in [0.4, 0.5) is 17.6 Å². The average Bonchev–Trinajstić information content (AvgIpc) is 3.03. The van der Waals surface area contributed by atoms with Gasteiger partial charge in [-0.3, -0.25) is 4.79 Å². The maximum atomic E-state index is 13.9. The van der Waals surface area contributed by atoms with Crippen molar-refractivity contribution in [3.05, 3.63) is 71.0 Å². The molecule has 3 rings (SSSR count). The molecule has 2 aromatic rings. The van der Waals surface area contributed by atoms with Crippen LogP contribution in [0.2, 0.25) is 0 Å². The number of carbonyl (C=O) groups is 1. The van der Waals surface area contributed by atoms with Crippen LogP contribution in [-0.2, 0) is 6.18 Å². The van der Waals surface area contributed by atoms with Gasteiger partial charge in [0.1, 0.15) is 11.2 Å². The monoisotopic (exact) mass is 355 g/mol. The average molecular weight is 355 g/mol. The maximum Gasteiger partial charge on any atom is 0.416 e. The molecule has 1 aliphatic rings. The molecule has 7 heteroatoms. The summed E-state index contributed by atoms with van der Waals surface area (Å²) in [5.74, 6) is -0.779. The number of rotatable bonds is 2. The van der Waals surface area contributed by atoms with Gasteiger partial charge in [-0.05, 0) is 23.8 Å². The Kier molecular flexibility index (Phi) is 4.54. The number of nitrogens with zero attached hydrogens (tertiary/aromatic N) is 1. The molecule has 1 amide bonds. The first-order valence-corrected chi connectivity index (χ1v) is 8.27. The van der Waals surface area contributed by atoms with E-state index >= 15 is 0 Å². The molecule has 2 aromatic carbocycles. The van der Waals surface area contributed by atoms with Gasteiger partial charge in [0.05, 0.1) is 11.1 Å². The smallest absolute Gasteiger partial charge is 0.322 e. The first-order chi connectivity index (χ1) is 11.4. The highest BCUT2D eigenvalue weighted by atomic mass is 32.2. The van der Waals surface area contributed by atoms with Crippen LogP contribution < -0.4 is 0 Å². The number of amides is 1. The number of thioether (sulfide) groups is 1. The summed E-state index contributed by atoms with van der Waals surface area (Å²) in [6.07, 6.45) is -4.51. The number of benzene rings is 2. The van der Waals surface area contributed by atoms with Crippen molar-refractivity contribution in [3.63, 3.8) is 0 Å². The lowest BCUT2D eigenvalue weighted by molar-refractivity contribution is -0.138. The number of carbonyl (C=O) groups excluding carboxylic acids is 1. The first kappa shape index (κ1) is 16.8. The molecule has 126 valence electrons. The van der Waals surface area contributed by atoms with Gasteiger partial charge in [-0.1, -0.05) is 30.3 Å². The molecular formula is C17H13F4NOS. The maximum absolute atomic E-state index is 13.9. The third-order valence-electron chi connectivity index (χ3n) is 3.79. The Morgan fingerprint density at radius 3 is 2.46 bits per heavy atom. The van der Waals surface area contributed by atoms with Crippen LogP contribution in [0.3, 0.4) is 0 Å². The van der Waals surface area contributed by atoms with Crippen LogP contribution in [-0.4, -0.2) is 23.1 Å². The molecule has 0 N–H and O–H groups in total. The SMILES string of the molecule is O=C(c1ccccc1F)N1CCSC1c1ccccc1C(F)(F)F. The Morgan fingerprint density at radius 2 is 1.75 bits per heavy atom. The van der Waals surface area contributed by atoms with E-state index in [4.69, 9.17) is 0 Å². The number of alkyl halides is 3.